The van der Waals surface area contributed by atoms with Crippen molar-refractivity contribution < 1.29 is 28.7 Å². The van der Waals surface area contributed by atoms with Crippen LogP contribution in [0.2, 0.25) is 0 Å². The highest BCUT2D eigenvalue weighted by Crippen LogP contribution is 2.29. The smallest absolute Gasteiger partial charge is 0.323 e. The van der Waals surface area contributed by atoms with Gasteiger partial charge in [-0.1, -0.05) is 37.5 Å². The summed E-state index contributed by atoms with van der Waals surface area (Å²) in [7, 11) is 0. The monoisotopic (exact) mass is 539 g/mol. The summed E-state index contributed by atoms with van der Waals surface area (Å²) in [6.45, 7) is 2.00. The van der Waals surface area contributed by atoms with Crippen molar-refractivity contribution in [3.63, 3.8) is 0 Å². The zero-order valence-corrected chi connectivity index (χ0v) is 21.9. The minimum atomic E-state index is -1.33. The molecule has 2 fully saturated rings. The SMILES string of the molecule is Cc1cccc(NC(=O)N2CCN(C(=O)Nc3cccc(F)c3)C2C(=O)NC(CC(=O)O)C2CCCCC2)c1. The van der Waals surface area contributed by atoms with Gasteiger partial charge in [-0.05, 0) is 61.6 Å². The summed E-state index contributed by atoms with van der Waals surface area (Å²) in [5, 5.41) is 17.7. The minimum absolute atomic E-state index is 0.00987. The fourth-order valence-corrected chi connectivity index (χ4v) is 5.33. The first-order valence-corrected chi connectivity index (χ1v) is 13.2. The molecule has 2 aliphatic rings. The lowest BCUT2D eigenvalue weighted by molar-refractivity contribution is -0.138. The first-order valence-electron chi connectivity index (χ1n) is 13.2. The van der Waals surface area contributed by atoms with E-state index in [1.165, 1.54) is 28.0 Å². The molecule has 10 nitrogen and oxygen atoms in total. The van der Waals surface area contributed by atoms with Crippen molar-refractivity contribution in [1.29, 1.82) is 0 Å². The Labute approximate surface area is 226 Å². The van der Waals surface area contributed by atoms with E-state index in [0.717, 1.165) is 43.7 Å². The molecule has 1 aliphatic carbocycles. The molecule has 0 spiro atoms. The molecule has 1 saturated carbocycles. The number of urea groups is 2. The van der Waals surface area contributed by atoms with Gasteiger partial charge in [-0.2, -0.15) is 0 Å². The zero-order valence-electron chi connectivity index (χ0n) is 21.9. The van der Waals surface area contributed by atoms with E-state index < -0.39 is 42.0 Å². The van der Waals surface area contributed by atoms with Crippen molar-refractivity contribution in [2.45, 2.75) is 57.7 Å². The summed E-state index contributed by atoms with van der Waals surface area (Å²) in [5.74, 6) is -2.22. The van der Waals surface area contributed by atoms with Gasteiger partial charge in [0.2, 0.25) is 0 Å². The van der Waals surface area contributed by atoms with Crippen LogP contribution in [0, 0.1) is 18.7 Å². The molecule has 1 saturated heterocycles. The largest absolute Gasteiger partial charge is 0.481 e. The lowest BCUT2D eigenvalue weighted by Crippen LogP contribution is -2.58. The van der Waals surface area contributed by atoms with Crippen molar-refractivity contribution >= 4 is 35.3 Å². The number of hydrogen-bond donors (Lipinski definition) is 4. The van der Waals surface area contributed by atoms with Crippen molar-refractivity contribution in [2.24, 2.45) is 5.92 Å². The highest BCUT2D eigenvalue weighted by Gasteiger charge is 2.44. The van der Waals surface area contributed by atoms with E-state index in [9.17, 15) is 28.7 Å². The average molecular weight is 540 g/mol. The van der Waals surface area contributed by atoms with Gasteiger partial charge in [-0.3, -0.25) is 19.4 Å². The number of rotatable bonds is 7. The molecule has 0 aromatic heterocycles. The number of nitrogens with zero attached hydrogens (tertiary/aromatic N) is 2. The van der Waals surface area contributed by atoms with Crippen LogP contribution in [-0.4, -0.2) is 64.1 Å². The third-order valence-electron chi connectivity index (χ3n) is 7.21. The van der Waals surface area contributed by atoms with Crippen LogP contribution in [-0.2, 0) is 9.59 Å². The highest BCUT2D eigenvalue weighted by molar-refractivity contribution is 5.98. The van der Waals surface area contributed by atoms with Gasteiger partial charge in [0.15, 0.2) is 6.17 Å². The van der Waals surface area contributed by atoms with Crippen LogP contribution in [0.15, 0.2) is 48.5 Å². The van der Waals surface area contributed by atoms with Crippen molar-refractivity contribution in [3.05, 3.63) is 59.9 Å². The summed E-state index contributed by atoms with van der Waals surface area (Å²) in [5.41, 5.74) is 1.67. The third kappa shape index (κ3) is 7.24. The number of anilines is 2. The predicted octanol–water partition coefficient (Wildman–Crippen LogP) is 4.38. The topological polar surface area (TPSA) is 131 Å². The highest BCUT2D eigenvalue weighted by atomic mass is 19.1. The molecule has 11 heteroatoms. The molecule has 39 heavy (non-hydrogen) atoms. The molecule has 0 radical (unpaired) electrons. The molecular weight excluding hydrogens is 505 g/mol. The normalized spacial score (nSPS) is 18.4. The Morgan fingerprint density at radius 2 is 1.51 bits per heavy atom. The van der Waals surface area contributed by atoms with Gasteiger partial charge in [0, 0.05) is 30.5 Å². The number of hydrogen-bond acceptors (Lipinski definition) is 4. The maximum Gasteiger partial charge on any atom is 0.323 e. The number of nitrogens with one attached hydrogen (secondary N) is 3. The maximum atomic E-state index is 13.7. The second-order valence-corrected chi connectivity index (χ2v) is 10.1. The quantitative estimate of drug-likeness (QED) is 0.415. The van der Waals surface area contributed by atoms with Gasteiger partial charge in [0.1, 0.15) is 5.82 Å². The lowest BCUT2D eigenvalue weighted by atomic mass is 9.82. The van der Waals surface area contributed by atoms with E-state index in [-0.39, 0.29) is 31.1 Å². The molecule has 2 atom stereocenters. The van der Waals surface area contributed by atoms with Crippen LogP contribution in [0.25, 0.3) is 0 Å². The predicted molar refractivity (Wildman–Crippen MR) is 144 cm³/mol. The van der Waals surface area contributed by atoms with Crippen LogP contribution in [0.5, 0.6) is 0 Å². The molecule has 1 heterocycles. The Morgan fingerprint density at radius 1 is 0.923 bits per heavy atom. The Bertz CT molecular complexity index is 1150. The van der Waals surface area contributed by atoms with E-state index >= 15 is 0 Å². The van der Waals surface area contributed by atoms with Gasteiger partial charge in [-0.15, -0.1) is 0 Å². The Kier molecular flexibility index (Phi) is 9.00. The number of benzene rings is 2. The van der Waals surface area contributed by atoms with Crippen molar-refractivity contribution in [2.75, 3.05) is 23.7 Å². The second kappa shape index (κ2) is 12.6. The van der Waals surface area contributed by atoms with Gasteiger partial charge in [0.25, 0.3) is 5.91 Å². The zero-order chi connectivity index (χ0) is 27.9. The number of halogens is 1. The Balaban J connectivity index is 1.57. The van der Waals surface area contributed by atoms with Gasteiger partial charge in [0.05, 0.1) is 6.42 Å². The lowest BCUT2D eigenvalue weighted by Gasteiger charge is -2.34. The first kappa shape index (κ1) is 27.9. The number of amides is 5. The number of aliphatic carboxylic acids is 1. The molecule has 4 N–H and O–H groups in total. The summed E-state index contributed by atoms with van der Waals surface area (Å²) >= 11 is 0. The van der Waals surface area contributed by atoms with E-state index in [4.69, 9.17) is 0 Å². The van der Waals surface area contributed by atoms with Crippen LogP contribution in [0.3, 0.4) is 0 Å². The van der Waals surface area contributed by atoms with Gasteiger partial charge < -0.3 is 21.1 Å². The van der Waals surface area contributed by atoms with Gasteiger partial charge >= 0.3 is 18.0 Å². The number of aryl methyl sites for hydroxylation is 1. The van der Waals surface area contributed by atoms with Crippen LogP contribution >= 0.6 is 0 Å². The molecule has 0 bridgehead atoms. The van der Waals surface area contributed by atoms with Crippen LogP contribution in [0.1, 0.15) is 44.1 Å². The summed E-state index contributed by atoms with van der Waals surface area (Å²) < 4.78 is 13.7. The Hall–Kier alpha value is -4.15. The molecule has 2 unspecified atom stereocenters. The van der Waals surface area contributed by atoms with E-state index in [1.807, 2.05) is 13.0 Å². The third-order valence-corrected chi connectivity index (χ3v) is 7.21. The average Bonchev–Trinajstić information content (AvgIpc) is 3.34. The van der Waals surface area contributed by atoms with Crippen molar-refractivity contribution in [3.8, 4) is 0 Å². The van der Waals surface area contributed by atoms with Gasteiger partial charge in [-0.25, -0.2) is 14.0 Å². The molecule has 2 aromatic carbocycles. The molecule has 2 aromatic rings. The van der Waals surface area contributed by atoms with Crippen molar-refractivity contribution in [1.82, 2.24) is 15.1 Å². The fraction of sp³-hybridized carbons (Fsp3) is 0.429. The molecule has 208 valence electrons. The number of carbonyl (C=O) groups excluding carboxylic acids is 3. The number of carbonyl (C=O) groups is 4. The van der Waals surface area contributed by atoms with E-state index in [2.05, 4.69) is 16.0 Å². The summed E-state index contributed by atoms with van der Waals surface area (Å²) in [4.78, 5) is 54.3. The standard InChI is InChI=1S/C28H34FN5O5/c1-18-7-5-11-21(15-18)30-27(38)33-13-14-34(28(39)31-22-12-6-10-20(29)16-22)26(33)25(37)32-23(17-24(35)36)19-8-3-2-4-9-19/h5-7,10-12,15-16,19,23,26H,2-4,8-9,13-14,17H2,1H3,(H,30,38)(H,31,39)(H,32,37)(H,35,36). The Morgan fingerprint density at radius 3 is 2.08 bits per heavy atom. The molecule has 4 rings (SSSR count). The van der Waals surface area contributed by atoms with E-state index in [1.54, 1.807) is 18.2 Å². The fourth-order valence-electron chi connectivity index (χ4n) is 5.33. The van der Waals surface area contributed by atoms with E-state index in [0.29, 0.717) is 5.69 Å². The van der Waals surface area contributed by atoms with Crippen LogP contribution < -0.4 is 16.0 Å². The molecule has 5 amide bonds. The molecular formula is C28H34FN5O5. The second-order valence-electron chi connectivity index (χ2n) is 10.1. The summed E-state index contributed by atoms with van der Waals surface area (Å²) in [6.07, 6.45) is 2.97. The van der Waals surface area contributed by atoms with Crippen LogP contribution in [0.4, 0.5) is 25.4 Å². The summed E-state index contributed by atoms with van der Waals surface area (Å²) in [6, 6.07) is 10.6. The molecule has 1 aliphatic heterocycles. The number of carboxylic acid groups (broad SMARTS) is 1. The number of carboxylic acids is 1. The first-order chi connectivity index (χ1) is 18.7. The minimum Gasteiger partial charge on any atom is -0.481 e. The maximum absolute atomic E-state index is 13.7.